The summed E-state index contributed by atoms with van der Waals surface area (Å²) in [6.45, 7) is 0.0850. The van der Waals surface area contributed by atoms with Crippen molar-refractivity contribution in [1.82, 2.24) is 0 Å². The molecule has 1 saturated heterocycles. The maximum atomic E-state index is 13.7. The number of esters is 1. The summed E-state index contributed by atoms with van der Waals surface area (Å²) in [5.74, 6) is -0.207. The van der Waals surface area contributed by atoms with E-state index in [-0.39, 0.29) is 28.0 Å². The maximum Gasteiger partial charge on any atom is 0.374 e. The Hall–Kier alpha value is -3.68. The van der Waals surface area contributed by atoms with Crippen LogP contribution in [0.5, 0.6) is 17.2 Å². The number of fused-ring (bicyclic) bond motifs is 2. The molecule has 3 heterocycles. The van der Waals surface area contributed by atoms with Crippen molar-refractivity contribution in [1.29, 1.82) is 0 Å². The van der Waals surface area contributed by atoms with Crippen molar-refractivity contribution in [2.45, 2.75) is 30.7 Å². The van der Waals surface area contributed by atoms with E-state index in [0.29, 0.717) is 30.3 Å². The van der Waals surface area contributed by atoms with E-state index < -0.39 is 48.7 Å². The lowest BCUT2D eigenvalue weighted by atomic mass is 9.99. The summed E-state index contributed by atoms with van der Waals surface area (Å²) in [7, 11) is 1.16. The molecule has 0 unspecified atom stereocenters. The fourth-order valence-corrected chi connectivity index (χ4v) is 4.24. The van der Waals surface area contributed by atoms with Crippen LogP contribution in [-0.4, -0.2) is 84.0 Å². The third-order valence-electron chi connectivity index (χ3n) is 6.16. The van der Waals surface area contributed by atoms with Gasteiger partial charge in [-0.25, -0.2) is 4.79 Å². The van der Waals surface area contributed by atoms with Crippen LogP contribution in [-0.2, 0) is 9.47 Å². The molecule has 0 spiro atoms. The Labute approximate surface area is 209 Å². The number of aliphatic hydroxyl groups excluding tert-OH is 4. The molecule has 2 aromatic carbocycles. The van der Waals surface area contributed by atoms with E-state index in [0.717, 1.165) is 7.11 Å². The van der Waals surface area contributed by atoms with Gasteiger partial charge >= 0.3 is 5.97 Å². The zero-order valence-corrected chi connectivity index (χ0v) is 19.5. The summed E-state index contributed by atoms with van der Waals surface area (Å²) in [6, 6.07) is 8.88. The van der Waals surface area contributed by atoms with Crippen molar-refractivity contribution in [2.24, 2.45) is 0 Å². The van der Waals surface area contributed by atoms with Crippen LogP contribution in [0.3, 0.4) is 0 Å². The fraction of sp³-hybridized carbons (Fsp3) is 0.360. The van der Waals surface area contributed by atoms with E-state index in [9.17, 15) is 30.0 Å². The molecule has 12 nitrogen and oxygen atoms in total. The third kappa shape index (κ3) is 4.49. The normalized spacial score (nSPS) is 25.1. The standard InChI is InChI=1S/C25H24O12/c1-32-24(31)23-18(11-2-4-15-16(8-11)34-7-6-33-15)19(27)13-9-12(3-5-14(13)36-23)35-25-22(30)21(29)20(28)17(10-26)37-25/h2-5,8-9,17,20-22,25-26,28-30H,6-7,10H2,1H3/t17-,20-,21+,22-,25-/m1/s1. The second kappa shape index (κ2) is 10.00. The number of hydrogen-bond acceptors (Lipinski definition) is 12. The summed E-state index contributed by atoms with van der Waals surface area (Å²) in [5.41, 5.74) is -0.243. The van der Waals surface area contributed by atoms with Gasteiger partial charge in [0.1, 0.15) is 49.0 Å². The summed E-state index contributed by atoms with van der Waals surface area (Å²) < 4.78 is 32.7. The average molecular weight is 516 g/mol. The van der Waals surface area contributed by atoms with Crippen molar-refractivity contribution >= 4 is 16.9 Å². The molecule has 0 amide bonds. The lowest BCUT2D eigenvalue weighted by molar-refractivity contribution is -0.277. The number of aliphatic hydroxyl groups is 4. The van der Waals surface area contributed by atoms with Crippen LogP contribution >= 0.6 is 0 Å². The Morgan fingerprint density at radius 2 is 1.76 bits per heavy atom. The first-order valence-corrected chi connectivity index (χ1v) is 11.4. The zero-order valence-electron chi connectivity index (χ0n) is 19.5. The number of ether oxygens (including phenoxy) is 5. The van der Waals surface area contributed by atoms with Gasteiger partial charge in [0.05, 0.1) is 24.7 Å². The largest absolute Gasteiger partial charge is 0.486 e. The second-order valence-electron chi connectivity index (χ2n) is 8.46. The van der Waals surface area contributed by atoms with Crippen LogP contribution in [0, 0.1) is 0 Å². The van der Waals surface area contributed by atoms with Gasteiger partial charge in [-0.15, -0.1) is 0 Å². The number of rotatable bonds is 5. The molecule has 37 heavy (non-hydrogen) atoms. The van der Waals surface area contributed by atoms with Crippen molar-refractivity contribution in [2.75, 3.05) is 26.9 Å². The van der Waals surface area contributed by atoms with E-state index in [1.807, 2.05) is 0 Å². The van der Waals surface area contributed by atoms with Crippen LogP contribution in [0.4, 0.5) is 0 Å². The Kier molecular flexibility index (Phi) is 6.75. The number of methoxy groups -OCH3 is 1. The molecule has 3 aromatic rings. The average Bonchev–Trinajstić information content (AvgIpc) is 2.92. The minimum Gasteiger partial charge on any atom is -0.486 e. The lowest BCUT2D eigenvalue weighted by Gasteiger charge is -2.39. The third-order valence-corrected chi connectivity index (χ3v) is 6.16. The highest BCUT2D eigenvalue weighted by molar-refractivity contribution is 5.98. The first kappa shape index (κ1) is 25.0. The molecule has 5 atom stereocenters. The molecule has 2 aliphatic heterocycles. The van der Waals surface area contributed by atoms with Crippen LogP contribution in [0.15, 0.2) is 45.6 Å². The molecule has 0 saturated carbocycles. The topological polar surface area (TPSA) is 174 Å². The highest BCUT2D eigenvalue weighted by Gasteiger charge is 2.44. The Bertz CT molecular complexity index is 1380. The van der Waals surface area contributed by atoms with Gasteiger partial charge in [0.25, 0.3) is 0 Å². The van der Waals surface area contributed by atoms with Gasteiger partial charge in [0.15, 0.2) is 11.5 Å². The molecule has 1 fully saturated rings. The molecule has 12 heteroatoms. The molecule has 1 aromatic heterocycles. The maximum absolute atomic E-state index is 13.7. The van der Waals surface area contributed by atoms with E-state index in [1.54, 1.807) is 18.2 Å². The van der Waals surface area contributed by atoms with E-state index in [4.69, 9.17) is 28.1 Å². The van der Waals surface area contributed by atoms with Crippen LogP contribution in [0.2, 0.25) is 0 Å². The molecule has 0 bridgehead atoms. The first-order valence-electron chi connectivity index (χ1n) is 11.4. The van der Waals surface area contributed by atoms with Gasteiger partial charge in [-0.3, -0.25) is 4.79 Å². The van der Waals surface area contributed by atoms with E-state index in [1.165, 1.54) is 18.2 Å². The predicted octanol–water partition coefficient (Wildman–Crippen LogP) is 0.196. The number of carbonyl (C=O) groups is 1. The minimum absolute atomic E-state index is 0.0413. The Morgan fingerprint density at radius 1 is 1.00 bits per heavy atom. The number of carbonyl (C=O) groups excluding carboxylic acids is 1. The number of hydrogen-bond donors (Lipinski definition) is 4. The lowest BCUT2D eigenvalue weighted by Crippen LogP contribution is -2.60. The molecule has 0 radical (unpaired) electrons. The van der Waals surface area contributed by atoms with Crippen molar-refractivity contribution < 1.29 is 53.3 Å². The van der Waals surface area contributed by atoms with Crippen LogP contribution in [0.25, 0.3) is 22.1 Å². The summed E-state index contributed by atoms with van der Waals surface area (Å²) in [4.78, 5) is 26.2. The minimum atomic E-state index is -1.64. The molecule has 2 aliphatic rings. The fourth-order valence-electron chi connectivity index (χ4n) is 4.24. The smallest absolute Gasteiger partial charge is 0.374 e. The van der Waals surface area contributed by atoms with Gasteiger partial charge in [-0.1, -0.05) is 6.07 Å². The van der Waals surface area contributed by atoms with Gasteiger partial charge in [-0.2, -0.15) is 0 Å². The zero-order chi connectivity index (χ0) is 26.3. The van der Waals surface area contributed by atoms with E-state index in [2.05, 4.69) is 0 Å². The van der Waals surface area contributed by atoms with Crippen molar-refractivity contribution in [3.63, 3.8) is 0 Å². The highest BCUT2D eigenvalue weighted by Crippen LogP contribution is 2.36. The van der Waals surface area contributed by atoms with Crippen LogP contribution < -0.4 is 19.6 Å². The van der Waals surface area contributed by atoms with Crippen LogP contribution in [0.1, 0.15) is 10.6 Å². The van der Waals surface area contributed by atoms with Crippen molar-refractivity contribution in [3.05, 3.63) is 52.4 Å². The molecule has 5 rings (SSSR count). The summed E-state index contributed by atoms with van der Waals surface area (Å²) in [5, 5.41) is 39.7. The monoisotopic (exact) mass is 516 g/mol. The predicted molar refractivity (Wildman–Crippen MR) is 125 cm³/mol. The molecule has 4 N–H and O–H groups in total. The summed E-state index contributed by atoms with van der Waals surface area (Å²) >= 11 is 0. The first-order chi connectivity index (χ1) is 17.8. The highest BCUT2D eigenvalue weighted by atomic mass is 16.7. The quantitative estimate of drug-likeness (QED) is 0.340. The van der Waals surface area contributed by atoms with Gasteiger partial charge in [-0.05, 0) is 35.9 Å². The molecular formula is C25H24O12. The SMILES string of the molecule is COC(=O)c1oc2ccc(O[C@@H]3O[C@H](CO)[C@@H](O)[C@H](O)[C@H]3O)cc2c(=O)c1-c1ccc2c(c1)OCCO2. The Morgan fingerprint density at radius 3 is 2.49 bits per heavy atom. The van der Waals surface area contributed by atoms with E-state index >= 15 is 0 Å². The van der Waals surface area contributed by atoms with Gasteiger partial charge in [0, 0.05) is 0 Å². The van der Waals surface area contributed by atoms with Gasteiger partial charge < -0.3 is 48.5 Å². The van der Waals surface area contributed by atoms with Crippen molar-refractivity contribution in [3.8, 4) is 28.4 Å². The summed E-state index contributed by atoms with van der Waals surface area (Å²) in [6.07, 6.45) is -7.44. The second-order valence-corrected chi connectivity index (χ2v) is 8.46. The molecule has 0 aliphatic carbocycles. The van der Waals surface area contributed by atoms with Gasteiger partial charge in [0.2, 0.25) is 17.5 Å². The molecule has 196 valence electrons. The Balaban J connectivity index is 1.57. The molecular weight excluding hydrogens is 492 g/mol. The number of benzene rings is 2.